The number of rotatable bonds is 3. The molecule has 1 aliphatic heterocycles. The van der Waals surface area contributed by atoms with Gasteiger partial charge in [0.05, 0.1) is 11.4 Å². The summed E-state index contributed by atoms with van der Waals surface area (Å²) < 4.78 is 5.34. The van der Waals surface area contributed by atoms with E-state index in [1.807, 2.05) is 19.1 Å². The van der Waals surface area contributed by atoms with Gasteiger partial charge in [-0.1, -0.05) is 11.6 Å². The Labute approximate surface area is 107 Å². The van der Waals surface area contributed by atoms with Crippen molar-refractivity contribution in [1.29, 1.82) is 0 Å². The fourth-order valence-electron chi connectivity index (χ4n) is 2.05. The smallest absolute Gasteiger partial charge is 0.0577 e. The fourth-order valence-corrected chi connectivity index (χ4v) is 2.23. The molecule has 3 N–H and O–H groups in total. The standard InChI is InChI=1S/C13H19ClN2O/c1-9-6-13(12(15)7-11(9)14)16-8-10-2-4-17-5-3-10/h6-7,10,16H,2-5,8,15H2,1H3. The highest BCUT2D eigenvalue weighted by Crippen LogP contribution is 2.27. The monoisotopic (exact) mass is 254 g/mol. The molecule has 1 aromatic carbocycles. The lowest BCUT2D eigenvalue weighted by molar-refractivity contribution is 0.0699. The van der Waals surface area contributed by atoms with Gasteiger partial charge in [0, 0.05) is 24.8 Å². The molecule has 0 saturated carbocycles. The Hall–Kier alpha value is -0.930. The van der Waals surface area contributed by atoms with Gasteiger partial charge in [0.15, 0.2) is 0 Å². The number of nitrogens with one attached hydrogen (secondary N) is 1. The topological polar surface area (TPSA) is 47.3 Å². The van der Waals surface area contributed by atoms with Crippen molar-refractivity contribution in [2.45, 2.75) is 19.8 Å². The molecule has 0 amide bonds. The van der Waals surface area contributed by atoms with Crippen molar-refractivity contribution >= 4 is 23.0 Å². The molecular formula is C13H19ClN2O. The highest BCUT2D eigenvalue weighted by molar-refractivity contribution is 6.31. The van der Waals surface area contributed by atoms with Crippen molar-refractivity contribution in [3.63, 3.8) is 0 Å². The third-order valence-electron chi connectivity index (χ3n) is 3.25. The minimum absolute atomic E-state index is 0.680. The Balaban J connectivity index is 1.96. The van der Waals surface area contributed by atoms with Crippen LogP contribution < -0.4 is 11.1 Å². The van der Waals surface area contributed by atoms with Crippen LogP contribution in [0, 0.1) is 12.8 Å². The lowest BCUT2D eigenvalue weighted by Crippen LogP contribution is -2.22. The lowest BCUT2D eigenvalue weighted by Gasteiger charge is -2.23. The predicted octanol–water partition coefficient (Wildman–Crippen LogP) is 3.07. The average Bonchev–Trinajstić information content (AvgIpc) is 2.33. The molecule has 1 saturated heterocycles. The second-order valence-corrected chi connectivity index (χ2v) is 5.03. The summed E-state index contributed by atoms with van der Waals surface area (Å²) in [6.45, 7) is 4.69. The minimum Gasteiger partial charge on any atom is -0.397 e. The Kier molecular flexibility index (Phi) is 4.13. The zero-order valence-electron chi connectivity index (χ0n) is 10.1. The summed E-state index contributed by atoms with van der Waals surface area (Å²) in [5, 5.41) is 4.13. The Morgan fingerprint density at radius 1 is 1.41 bits per heavy atom. The summed E-state index contributed by atoms with van der Waals surface area (Å²) in [5.74, 6) is 0.680. The summed E-state index contributed by atoms with van der Waals surface area (Å²) in [4.78, 5) is 0. The molecule has 0 spiro atoms. The Morgan fingerprint density at radius 2 is 2.12 bits per heavy atom. The number of aryl methyl sites for hydroxylation is 1. The van der Waals surface area contributed by atoms with Gasteiger partial charge in [-0.05, 0) is 43.4 Å². The van der Waals surface area contributed by atoms with Crippen LogP contribution in [0.4, 0.5) is 11.4 Å². The number of benzene rings is 1. The van der Waals surface area contributed by atoms with Crippen molar-refractivity contribution in [3.8, 4) is 0 Å². The van der Waals surface area contributed by atoms with E-state index >= 15 is 0 Å². The van der Waals surface area contributed by atoms with Crippen molar-refractivity contribution in [2.75, 3.05) is 30.8 Å². The van der Waals surface area contributed by atoms with Gasteiger partial charge in [-0.2, -0.15) is 0 Å². The second-order valence-electron chi connectivity index (χ2n) is 4.63. The number of nitrogen functional groups attached to an aromatic ring is 1. The summed E-state index contributed by atoms with van der Waals surface area (Å²) in [5.41, 5.74) is 8.69. The van der Waals surface area contributed by atoms with E-state index in [1.165, 1.54) is 0 Å². The first-order valence-corrected chi connectivity index (χ1v) is 6.42. The van der Waals surface area contributed by atoms with Gasteiger partial charge in [-0.25, -0.2) is 0 Å². The van der Waals surface area contributed by atoms with E-state index < -0.39 is 0 Å². The normalized spacial score (nSPS) is 17.1. The Bertz CT molecular complexity index is 389. The van der Waals surface area contributed by atoms with E-state index in [2.05, 4.69) is 5.32 Å². The van der Waals surface area contributed by atoms with Gasteiger partial charge in [0.1, 0.15) is 0 Å². The molecule has 0 aliphatic carbocycles. The van der Waals surface area contributed by atoms with Gasteiger partial charge in [0.2, 0.25) is 0 Å². The maximum absolute atomic E-state index is 6.01. The first kappa shape index (κ1) is 12.5. The molecule has 1 aromatic rings. The van der Waals surface area contributed by atoms with Crippen LogP contribution in [-0.4, -0.2) is 19.8 Å². The molecule has 1 heterocycles. The minimum atomic E-state index is 0.680. The summed E-state index contributed by atoms with van der Waals surface area (Å²) >= 11 is 6.01. The maximum atomic E-state index is 6.01. The molecule has 17 heavy (non-hydrogen) atoms. The largest absolute Gasteiger partial charge is 0.397 e. The molecule has 3 nitrogen and oxygen atoms in total. The Morgan fingerprint density at radius 3 is 2.82 bits per heavy atom. The molecular weight excluding hydrogens is 236 g/mol. The van der Waals surface area contributed by atoms with E-state index in [4.69, 9.17) is 22.1 Å². The summed E-state index contributed by atoms with van der Waals surface area (Å²) in [6.07, 6.45) is 2.25. The van der Waals surface area contributed by atoms with Gasteiger partial charge in [0.25, 0.3) is 0 Å². The van der Waals surface area contributed by atoms with Gasteiger partial charge in [-0.15, -0.1) is 0 Å². The van der Waals surface area contributed by atoms with Gasteiger partial charge >= 0.3 is 0 Å². The molecule has 0 aromatic heterocycles. The zero-order chi connectivity index (χ0) is 12.3. The van der Waals surface area contributed by atoms with Crippen LogP contribution in [0.1, 0.15) is 18.4 Å². The zero-order valence-corrected chi connectivity index (χ0v) is 10.9. The molecule has 0 bridgehead atoms. The highest BCUT2D eigenvalue weighted by Gasteiger charge is 2.14. The highest BCUT2D eigenvalue weighted by atomic mass is 35.5. The van der Waals surface area contributed by atoms with Crippen LogP contribution in [0.3, 0.4) is 0 Å². The summed E-state index contributed by atoms with van der Waals surface area (Å²) in [6, 6.07) is 3.82. The third-order valence-corrected chi connectivity index (χ3v) is 3.66. The van der Waals surface area contributed by atoms with Crippen LogP contribution >= 0.6 is 11.6 Å². The second kappa shape index (κ2) is 5.61. The number of hydrogen-bond acceptors (Lipinski definition) is 3. The molecule has 1 fully saturated rings. The fraction of sp³-hybridized carbons (Fsp3) is 0.538. The van der Waals surface area contributed by atoms with Crippen molar-refractivity contribution in [3.05, 3.63) is 22.7 Å². The number of anilines is 2. The molecule has 0 atom stereocenters. The number of hydrogen-bond donors (Lipinski definition) is 2. The molecule has 1 aliphatic rings. The number of ether oxygens (including phenoxy) is 1. The molecule has 4 heteroatoms. The molecule has 94 valence electrons. The number of nitrogens with two attached hydrogens (primary N) is 1. The van der Waals surface area contributed by atoms with Crippen LogP contribution in [0.25, 0.3) is 0 Å². The molecule has 0 radical (unpaired) electrons. The van der Waals surface area contributed by atoms with E-state index in [9.17, 15) is 0 Å². The van der Waals surface area contributed by atoms with Crippen molar-refractivity contribution in [1.82, 2.24) is 0 Å². The van der Waals surface area contributed by atoms with E-state index in [1.54, 1.807) is 0 Å². The SMILES string of the molecule is Cc1cc(NCC2CCOCC2)c(N)cc1Cl. The quantitative estimate of drug-likeness (QED) is 0.815. The van der Waals surface area contributed by atoms with Gasteiger partial charge in [-0.3, -0.25) is 0 Å². The van der Waals surface area contributed by atoms with Gasteiger partial charge < -0.3 is 15.8 Å². The average molecular weight is 255 g/mol. The van der Waals surface area contributed by atoms with Crippen molar-refractivity contribution in [2.24, 2.45) is 5.92 Å². The van der Waals surface area contributed by atoms with E-state index in [0.29, 0.717) is 11.6 Å². The predicted molar refractivity (Wildman–Crippen MR) is 72.6 cm³/mol. The number of halogens is 1. The van der Waals surface area contributed by atoms with Crippen LogP contribution in [-0.2, 0) is 4.74 Å². The maximum Gasteiger partial charge on any atom is 0.0577 e. The third kappa shape index (κ3) is 3.27. The van der Waals surface area contributed by atoms with Crippen molar-refractivity contribution < 1.29 is 4.74 Å². The lowest BCUT2D eigenvalue weighted by atomic mass is 10.0. The molecule has 0 unspecified atom stereocenters. The first-order valence-electron chi connectivity index (χ1n) is 6.04. The summed E-state index contributed by atoms with van der Waals surface area (Å²) in [7, 11) is 0. The molecule has 2 rings (SSSR count). The van der Waals surface area contributed by atoms with E-state index in [0.717, 1.165) is 48.9 Å². The van der Waals surface area contributed by atoms with Crippen LogP contribution in [0.2, 0.25) is 5.02 Å². The first-order chi connectivity index (χ1) is 8.16. The van der Waals surface area contributed by atoms with Crippen LogP contribution in [0.5, 0.6) is 0 Å². The van der Waals surface area contributed by atoms with E-state index in [-0.39, 0.29) is 0 Å². The van der Waals surface area contributed by atoms with Crippen LogP contribution in [0.15, 0.2) is 12.1 Å².